The highest BCUT2D eigenvalue weighted by molar-refractivity contribution is 5.94. The van der Waals surface area contributed by atoms with Gasteiger partial charge in [0.05, 0.1) is 25.9 Å². The third-order valence-electron chi connectivity index (χ3n) is 5.29. The molecule has 5 heteroatoms. The number of nitrogens with one attached hydrogen (secondary N) is 1. The monoisotopic (exact) mass is 382 g/mol. The smallest absolute Gasteiger partial charge is 0.251 e. The van der Waals surface area contributed by atoms with Crippen molar-refractivity contribution in [2.24, 2.45) is 0 Å². The highest BCUT2D eigenvalue weighted by Gasteiger charge is 2.23. The molecule has 1 saturated heterocycles. The van der Waals surface area contributed by atoms with E-state index in [9.17, 15) is 4.79 Å². The first kappa shape index (κ1) is 20.4. The summed E-state index contributed by atoms with van der Waals surface area (Å²) >= 11 is 0. The van der Waals surface area contributed by atoms with E-state index >= 15 is 0 Å². The molecule has 28 heavy (non-hydrogen) atoms. The summed E-state index contributed by atoms with van der Waals surface area (Å²) < 4.78 is 11.1. The largest absolute Gasteiger partial charge is 0.494 e. The van der Waals surface area contributed by atoms with Gasteiger partial charge in [0.25, 0.3) is 5.91 Å². The lowest BCUT2D eigenvalue weighted by Gasteiger charge is -2.35. The minimum absolute atomic E-state index is 0.0349. The first-order valence-corrected chi connectivity index (χ1v) is 9.98. The van der Waals surface area contributed by atoms with Crippen LogP contribution in [0.4, 0.5) is 0 Å². The van der Waals surface area contributed by atoms with Crippen LogP contribution in [0.25, 0.3) is 0 Å². The topological polar surface area (TPSA) is 50.8 Å². The summed E-state index contributed by atoms with van der Waals surface area (Å²) in [7, 11) is 0. The molecule has 1 atom stereocenters. The molecule has 1 amide bonds. The number of nitrogens with zero attached hydrogens (tertiary/aromatic N) is 1. The van der Waals surface area contributed by atoms with E-state index in [0.717, 1.165) is 37.6 Å². The maximum Gasteiger partial charge on any atom is 0.251 e. The van der Waals surface area contributed by atoms with Crippen molar-refractivity contribution in [3.05, 3.63) is 64.7 Å². The van der Waals surface area contributed by atoms with Crippen molar-refractivity contribution in [1.29, 1.82) is 0 Å². The number of morpholine rings is 1. The fourth-order valence-corrected chi connectivity index (χ4v) is 3.47. The van der Waals surface area contributed by atoms with Gasteiger partial charge in [-0.1, -0.05) is 18.2 Å². The Morgan fingerprint density at radius 2 is 1.82 bits per heavy atom. The maximum atomic E-state index is 12.7. The Hall–Kier alpha value is -2.37. The van der Waals surface area contributed by atoms with E-state index in [0.29, 0.717) is 18.7 Å². The van der Waals surface area contributed by atoms with Gasteiger partial charge in [0.15, 0.2) is 0 Å². The summed E-state index contributed by atoms with van der Waals surface area (Å²) in [5, 5.41) is 3.13. The van der Waals surface area contributed by atoms with E-state index < -0.39 is 0 Å². The Morgan fingerprint density at radius 3 is 2.46 bits per heavy atom. The van der Waals surface area contributed by atoms with Crippen molar-refractivity contribution in [3.8, 4) is 5.75 Å². The van der Waals surface area contributed by atoms with Crippen LogP contribution in [0.5, 0.6) is 5.75 Å². The van der Waals surface area contributed by atoms with Gasteiger partial charge >= 0.3 is 0 Å². The van der Waals surface area contributed by atoms with Crippen molar-refractivity contribution < 1.29 is 14.3 Å². The summed E-state index contributed by atoms with van der Waals surface area (Å²) in [6.07, 6.45) is 0. The molecule has 0 spiro atoms. The molecule has 2 aromatic carbocycles. The summed E-state index contributed by atoms with van der Waals surface area (Å²) in [6.45, 7) is 10.4. The molecule has 0 bridgehead atoms. The Kier molecular flexibility index (Phi) is 7.06. The molecule has 150 valence electrons. The summed E-state index contributed by atoms with van der Waals surface area (Å²) in [5.74, 6) is 0.832. The number of ether oxygens (including phenoxy) is 2. The van der Waals surface area contributed by atoms with Crippen LogP contribution in [0.15, 0.2) is 42.5 Å². The van der Waals surface area contributed by atoms with Gasteiger partial charge in [-0.3, -0.25) is 9.69 Å². The minimum Gasteiger partial charge on any atom is -0.494 e. The molecule has 1 unspecified atom stereocenters. The Balaban J connectivity index is 1.73. The van der Waals surface area contributed by atoms with E-state index in [2.05, 4.69) is 29.3 Å². The lowest BCUT2D eigenvalue weighted by molar-refractivity contribution is 0.0162. The zero-order chi connectivity index (χ0) is 19.9. The van der Waals surface area contributed by atoms with Gasteiger partial charge in [0, 0.05) is 25.2 Å². The number of rotatable bonds is 7. The van der Waals surface area contributed by atoms with Gasteiger partial charge in [-0.2, -0.15) is 0 Å². The fourth-order valence-electron chi connectivity index (χ4n) is 3.47. The first-order valence-electron chi connectivity index (χ1n) is 9.98. The van der Waals surface area contributed by atoms with Crippen molar-refractivity contribution in [1.82, 2.24) is 10.2 Å². The van der Waals surface area contributed by atoms with E-state index in [1.807, 2.05) is 44.2 Å². The highest BCUT2D eigenvalue weighted by Crippen LogP contribution is 2.24. The number of amides is 1. The standard InChI is InChI=1S/C23H30N2O3/c1-4-28-21-9-7-19(8-10-21)22(25-11-13-27-14-12-25)16-24-23(26)20-6-5-17(2)18(3)15-20/h5-10,15,22H,4,11-14,16H2,1-3H3,(H,24,26). The second-order valence-corrected chi connectivity index (χ2v) is 7.18. The summed E-state index contributed by atoms with van der Waals surface area (Å²) in [5.41, 5.74) is 4.20. The van der Waals surface area contributed by atoms with E-state index in [1.165, 1.54) is 11.1 Å². The molecule has 1 fully saturated rings. The third-order valence-corrected chi connectivity index (χ3v) is 5.29. The van der Waals surface area contributed by atoms with Gasteiger partial charge in [-0.15, -0.1) is 0 Å². The summed E-state index contributed by atoms with van der Waals surface area (Å²) in [4.78, 5) is 15.1. The van der Waals surface area contributed by atoms with Gasteiger partial charge in [0.1, 0.15) is 5.75 Å². The average Bonchev–Trinajstić information content (AvgIpc) is 2.72. The molecule has 1 heterocycles. The van der Waals surface area contributed by atoms with Crippen molar-refractivity contribution >= 4 is 5.91 Å². The van der Waals surface area contributed by atoms with Crippen LogP contribution < -0.4 is 10.1 Å². The van der Waals surface area contributed by atoms with Gasteiger partial charge in [-0.25, -0.2) is 0 Å². The lowest BCUT2D eigenvalue weighted by atomic mass is 10.0. The normalized spacial score (nSPS) is 15.8. The SMILES string of the molecule is CCOc1ccc(C(CNC(=O)c2ccc(C)c(C)c2)N2CCOCC2)cc1. The van der Waals surface area contributed by atoms with Crippen LogP contribution in [0.1, 0.15) is 40.0 Å². The number of aryl methyl sites for hydroxylation is 2. The molecule has 5 nitrogen and oxygen atoms in total. The number of hydrogen-bond acceptors (Lipinski definition) is 4. The summed E-state index contributed by atoms with van der Waals surface area (Å²) in [6, 6.07) is 14.1. The van der Waals surface area contributed by atoms with E-state index in [4.69, 9.17) is 9.47 Å². The number of hydrogen-bond donors (Lipinski definition) is 1. The van der Waals surface area contributed by atoms with Crippen LogP contribution in [0, 0.1) is 13.8 Å². The zero-order valence-electron chi connectivity index (χ0n) is 17.0. The Bertz CT molecular complexity index is 783. The molecule has 0 radical (unpaired) electrons. The molecule has 0 aliphatic carbocycles. The average molecular weight is 383 g/mol. The zero-order valence-corrected chi connectivity index (χ0v) is 17.0. The molecule has 0 saturated carbocycles. The maximum absolute atomic E-state index is 12.7. The molecule has 1 N–H and O–H groups in total. The minimum atomic E-state index is -0.0349. The lowest BCUT2D eigenvalue weighted by Crippen LogP contribution is -2.43. The molecule has 3 rings (SSSR count). The van der Waals surface area contributed by atoms with Crippen LogP contribution in [-0.2, 0) is 4.74 Å². The van der Waals surface area contributed by atoms with Crippen LogP contribution in [0.3, 0.4) is 0 Å². The number of carbonyl (C=O) groups excluding carboxylic acids is 1. The van der Waals surface area contributed by atoms with Crippen LogP contribution in [0.2, 0.25) is 0 Å². The molecule has 0 aromatic heterocycles. The van der Waals surface area contributed by atoms with Gasteiger partial charge in [0.2, 0.25) is 0 Å². The van der Waals surface area contributed by atoms with E-state index in [-0.39, 0.29) is 11.9 Å². The third kappa shape index (κ3) is 5.12. The Labute approximate surface area is 167 Å². The van der Waals surface area contributed by atoms with Crippen molar-refractivity contribution in [2.45, 2.75) is 26.8 Å². The van der Waals surface area contributed by atoms with Crippen molar-refractivity contribution in [2.75, 3.05) is 39.5 Å². The van der Waals surface area contributed by atoms with Gasteiger partial charge in [-0.05, 0) is 61.7 Å². The van der Waals surface area contributed by atoms with Crippen LogP contribution in [-0.4, -0.2) is 50.3 Å². The first-order chi connectivity index (χ1) is 13.6. The second-order valence-electron chi connectivity index (χ2n) is 7.18. The molecular weight excluding hydrogens is 352 g/mol. The molecule has 1 aliphatic heterocycles. The van der Waals surface area contributed by atoms with Gasteiger partial charge < -0.3 is 14.8 Å². The molecule has 2 aromatic rings. The molecular formula is C23H30N2O3. The highest BCUT2D eigenvalue weighted by atomic mass is 16.5. The predicted octanol–water partition coefficient (Wildman–Crippen LogP) is 3.51. The van der Waals surface area contributed by atoms with Crippen LogP contribution >= 0.6 is 0 Å². The predicted molar refractivity (Wildman–Crippen MR) is 111 cm³/mol. The van der Waals surface area contributed by atoms with E-state index in [1.54, 1.807) is 0 Å². The number of carbonyl (C=O) groups is 1. The molecule has 1 aliphatic rings. The second kappa shape index (κ2) is 9.71. The fraction of sp³-hybridized carbons (Fsp3) is 0.435. The Morgan fingerprint density at radius 1 is 1.11 bits per heavy atom. The quantitative estimate of drug-likeness (QED) is 0.796. The number of benzene rings is 2. The van der Waals surface area contributed by atoms with Crippen molar-refractivity contribution in [3.63, 3.8) is 0 Å².